The molecule has 1 N–H and O–H groups in total. The Morgan fingerprint density at radius 1 is 0.968 bits per heavy atom. The molecule has 2 aliphatic rings. The standard InChI is InChI=1S/C23H26F2N2O3S/c24-18-6-8-21(9-7-18)31(29,30)26-20-10-14-27(15-11-20)22(28)23(12-1-2-13-23)17-4-3-5-19(25)16-17/h3-9,16,20,26H,1-2,10-15H2. The van der Waals surface area contributed by atoms with E-state index in [4.69, 9.17) is 0 Å². The Labute approximate surface area is 181 Å². The number of rotatable bonds is 5. The predicted octanol–water partition coefficient (Wildman–Crippen LogP) is 3.75. The summed E-state index contributed by atoms with van der Waals surface area (Å²) in [7, 11) is -3.75. The molecule has 2 fully saturated rings. The number of hydrogen-bond donors (Lipinski definition) is 1. The van der Waals surface area contributed by atoms with Gasteiger partial charge >= 0.3 is 0 Å². The van der Waals surface area contributed by atoms with Crippen molar-refractivity contribution in [2.24, 2.45) is 0 Å². The van der Waals surface area contributed by atoms with Crippen LogP contribution in [0.15, 0.2) is 53.4 Å². The van der Waals surface area contributed by atoms with E-state index in [-0.39, 0.29) is 22.7 Å². The van der Waals surface area contributed by atoms with E-state index in [9.17, 15) is 22.0 Å². The highest BCUT2D eigenvalue weighted by atomic mass is 32.2. The number of nitrogens with zero attached hydrogens (tertiary/aromatic N) is 1. The van der Waals surface area contributed by atoms with Gasteiger partial charge in [0.25, 0.3) is 0 Å². The molecular formula is C23H26F2N2O3S. The van der Waals surface area contributed by atoms with Gasteiger partial charge in [0.15, 0.2) is 0 Å². The lowest BCUT2D eigenvalue weighted by Crippen LogP contribution is -2.51. The van der Waals surface area contributed by atoms with Gasteiger partial charge in [0.2, 0.25) is 15.9 Å². The summed E-state index contributed by atoms with van der Waals surface area (Å²) in [6.07, 6.45) is 4.24. The topological polar surface area (TPSA) is 66.5 Å². The van der Waals surface area contributed by atoms with Gasteiger partial charge in [-0.3, -0.25) is 4.79 Å². The molecule has 2 aromatic rings. The fourth-order valence-electron chi connectivity index (χ4n) is 4.80. The summed E-state index contributed by atoms with van der Waals surface area (Å²) in [6, 6.07) is 10.7. The zero-order valence-electron chi connectivity index (χ0n) is 17.2. The molecule has 4 rings (SSSR count). The Morgan fingerprint density at radius 2 is 1.61 bits per heavy atom. The Balaban J connectivity index is 1.43. The first-order chi connectivity index (χ1) is 14.8. The number of hydrogen-bond acceptors (Lipinski definition) is 3. The first kappa shape index (κ1) is 21.9. The summed E-state index contributed by atoms with van der Waals surface area (Å²) in [5.74, 6) is -0.828. The van der Waals surface area contributed by atoms with Crippen molar-refractivity contribution in [2.75, 3.05) is 13.1 Å². The number of piperidine rings is 1. The van der Waals surface area contributed by atoms with Gasteiger partial charge in [0, 0.05) is 19.1 Å². The first-order valence-electron chi connectivity index (χ1n) is 10.6. The number of likely N-dealkylation sites (tertiary alicyclic amines) is 1. The largest absolute Gasteiger partial charge is 0.342 e. The van der Waals surface area contributed by atoms with Gasteiger partial charge in [0.05, 0.1) is 10.3 Å². The fourth-order valence-corrected chi connectivity index (χ4v) is 6.10. The average Bonchev–Trinajstić information content (AvgIpc) is 3.25. The molecule has 1 heterocycles. The molecule has 1 saturated heterocycles. The molecule has 0 bridgehead atoms. The highest BCUT2D eigenvalue weighted by molar-refractivity contribution is 7.89. The van der Waals surface area contributed by atoms with Crippen LogP contribution in [0, 0.1) is 11.6 Å². The summed E-state index contributed by atoms with van der Waals surface area (Å²) < 4.78 is 54.7. The van der Waals surface area contributed by atoms with Crippen LogP contribution in [0.25, 0.3) is 0 Å². The van der Waals surface area contributed by atoms with Crippen molar-refractivity contribution in [3.8, 4) is 0 Å². The van der Waals surface area contributed by atoms with Crippen molar-refractivity contribution in [3.05, 3.63) is 65.7 Å². The molecule has 0 radical (unpaired) electrons. The molecule has 1 aliphatic carbocycles. The number of carbonyl (C=O) groups is 1. The Hall–Kier alpha value is -2.32. The van der Waals surface area contributed by atoms with Crippen LogP contribution in [0.2, 0.25) is 0 Å². The van der Waals surface area contributed by atoms with Crippen LogP contribution in [0.3, 0.4) is 0 Å². The third kappa shape index (κ3) is 4.50. The van der Waals surface area contributed by atoms with Crippen molar-refractivity contribution in [3.63, 3.8) is 0 Å². The average molecular weight is 449 g/mol. The minimum Gasteiger partial charge on any atom is -0.342 e. The van der Waals surface area contributed by atoms with E-state index >= 15 is 0 Å². The monoisotopic (exact) mass is 448 g/mol. The summed E-state index contributed by atoms with van der Waals surface area (Å²) in [5.41, 5.74) is 0.0388. The molecule has 1 saturated carbocycles. The number of benzene rings is 2. The summed E-state index contributed by atoms with van der Waals surface area (Å²) in [4.78, 5) is 15.3. The molecule has 0 aromatic heterocycles. The number of halogens is 2. The van der Waals surface area contributed by atoms with Gasteiger partial charge in [-0.15, -0.1) is 0 Å². The van der Waals surface area contributed by atoms with E-state index < -0.39 is 21.3 Å². The highest BCUT2D eigenvalue weighted by Crippen LogP contribution is 2.43. The molecule has 2 aromatic carbocycles. The van der Waals surface area contributed by atoms with Gasteiger partial charge in [-0.05, 0) is 67.6 Å². The number of sulfonamides is 1. The quantitative estimate of drug-likeness (QED) is 0.758. The van der Waals surface area contributed by atoms with Crippen LogP contribution in [0.4, 0.5) is 8.78 Å². The van der Waals surface area contributed by atoms with Crippen LogP contribution in [-0.4, -0.2) is 38.4 Å². The minimum atomic E-state index is -3.75. The highest BCUT2D eigenvalue weighted by Gasteiger charge is 2.45. The van der Waals surface area contributed by atoms with Crippen molar-refractivity contribution in [1.82, 2.24) is 9.62 Å². The van der Waals surface area contributed by atoms with Crippen LogP contribution in [-0.2, 0) is 20.2 Å². The van der Waals surface area contributed by atoms with E-state index in [2.05, 4.69) is 4.72 Å². The lowest BCUT2D eigenvalue weighted by molar-refractivity contribution is -0.138. The molecular weight excluding hydrogens is 422 g/mol. The molecule has 31 heavy (non-hydrogen) atoms. The number of amides is 1. The maximum atomic E-state index is 13.9. The molecule has 1 amide bonds. The predicted molar refractivity (Wildman–Crippen MR) is 113 cm³/mol. The SMILES string of the molecule is O=C(N1CCC(NS(=O)(=O)c2ccc(F)cc2)CC1)C1(c2cccc(F)c2)CCCC1. The van der Waals surface area contributed by atoms with E-state index in [1.165, 1.54) is 24.3 Å². The number of nitrogens with one attached hydrogen (secondary N) is 1. The maximum Gasteiger partial charge on any atom is 0.240 e. The van der Waals surface area contributed by atoms with E-state index in [1.54, 1.807) is 11.0 Å². The molecule has 1 aliphatic heterocycles. The van der Waals surface area contributed by atoms with E-state index in [1.807, 2.05) is 6.07 Å². The summed E-state index contributed by atoms with van der Waals surface area (Å²) in [5, 5.41) is 0. The Kier molecular flexibility index (Phi) is 6.12. The Bertz CT molecular complexity index is 1040. The van der Waals surface area contributed by atoms with Crippen molar-refractivity contribution in [2.45, 2.75) is 54.9 Å². The zero-order valence-corrected chi connectivity index (χ0v) is 18.0. The van der Waals surface area contributed by atoms with Crippen LogP contribution < -0.4 is 4.72 Å². The summed E-state index contributed by atoms with van der Waals surface area (Å²) in [6.45, 7) is 0.874. The Morgan fingerprint density at radius 3 is 2.23 bits per heavy atom. The zero-order chi connectivity index (χ0) is 22.1. The van der Waals surface area contributed by atoms with Gasteiger partial charge in [-0.2, -0.15) is 0 Å². The van der Waals surface area contributed by atoms with Crippen LogP contribution in [0.1, 0.15) is 44.1 Å². The van der Waals surface area contributed by atoms with Crippen molar-refractivity contribution in [1.29, 1.82) is 0 Å². The fraction of sp³-hybridized carbons (Fsp3) is 0.435. The van der Waals surface area contributed by atoms with Crippen molar-refractivity contribution < 1.29 is 22.0 Å². The normalized spacial score (nSPS) is 19.5. The second-order valence-electron chi connectivity index (χ2n) is 8.44. The van der Waals surface area contributed by atoms with Crippen LogP contribution in [0.5, 0.6) is 0 Å². The summed E-state index contributed by atoms with van der Waals surface area (Å²) >= 11 is 0. The second kappa shape index (κ2) is 8.67. The molecule has 8 heteroatoms. The molecule has 166 valence electrons. The lowest BCUT2D eigenvalue weighted by atomic mass is 9.77. The minimum absolute atomic E-state index is 0.00967. The van der Waals surface area contributed by atoms with Crippen LogP contribution >= 0.6 is 0 Å². The van der Waals surface area contributed by atoms with Gasteiger partial charge in [-0.1, -0.05) is 25.0 Å². The maximum absolute atomic E-state index is 13.9. The first-order valence-corrected chi connectivity index (χ1v) is 12.1. The molecule has 0 spiro atoms. The van der Waals surface area contributed by atoms with Crippen molar-refractivity contribution >= 4 is 15.9 Å². The third-order valence-electron chi connectivity index (χ3n) is 6.47. The lowest BCUT2D eigenvalue weighted by Gasteiger charge is -2.39. The van der Waals surface area contributed by atoms with Gasteiger partial charge < -0.3 is 4.90 Å². The molecule has 0 atom stereocenters. The van der Waals surface area contributed by atoms with Gasteiger partial charge in [0.1, 0.15) is 11.6 Å². The third-order valence-corrected chi connectivity index (χ3v) is 8.01. The molecule has 0 unspecified atom stereocenters. The van der Waals surface area contributed by atoms with Gasteiger partial charge in [-0.25, -0.2) is 21.9 Å². The second-order valence-corrected chi connectivity index (χ2v) is 10.2. The number of carbonyl (C=O) groups excluding carboxylic acids is 1. The van der Waals surface area contributed by atoms with E-state index in [0.717, 1.165) is 30.5 Å². The molecule has 5 nitrogen and oxygen atoms in total. The van der Waals surface area contributed by atoms with E-state index in [0.29, 0.717) is 38.8 Å². The smallest absolute Gasteiger partial charge is 0.240 e.